The second-order valence-electron chi connectivity index (χ2n) is 3.29. The van der Waals surface area contributed by atoms with Gasteiger partial charge >= 0.3 is 0 Å². The summed E-state index contributed by atoms with van der Waals surface area (Å²) in [5, 5.41) is 6.42. The van der Waals surface area contributed by atoms with E-state index in [1.54, 1.807) is 0 Å². The molecular weight excluding hydrogens is 206 g/mol. The van der Waals surface area contributed by atoms with Crippen LogP contribution in [0.5, 0.6) is 0 Å². The van der Waals surface area contributed by atoms with Crippen LogP contribution in [-0.2, 0) is 11.3 Å². The molecule has 2 aromatic rings. The van der Waals surface area contributed by atoms with E-state index in [2.05, 4.69) is 15.5 Å². The van der Waals surface area contributed by atoms with E-state index in [1.807, 2.05) is 30.3 Å². The van der Waals surface area contributed by atoms with Crippen LogP contribution in [0.3, 0.4) is 0 Å². The molecule has 0 atom stereocenters. The molecule has 0 aliphatic carbocycles. The molecule has 0 aliphatic rings. The minimum atomic E-state index is -0.125. The first kappa shape index (κ1) is 10.4. The van der Waals surface area contributed by atoms with Gasteiger partial charge < -0.3 is 9.84 Å². The highest BCUT2D eigenvalue weighted by Gasteiger charge is 2.07. The third-order valence-corrected chi connectivity index (χ3v) is 1.99. The monoisotopic (exact) mass is 217 g/mol. The number of nitrogens with one attached hydrogen (secondary N) is 1. The van der Waals surface area contributed by atoms with Gasteiger partial charge in [0.05, 0.1) is 6.54 Å². The summed E-state index contributed by atoms with van der Waals surface area (Å²) in [4.78, 5) is 14.9. The van der Waals surface area contributed by atoms with Gasteiger partial charge in [-0.25, -0.2) is 0 Å². The van der Waals surface area contributed by atoms with E-state index in [9.17, 15) is 4.79 Å². The van der Waals surface area contributed by atoms with Crippen molar-refractivity contribution in [1.82, 2.24) is 15.5 Å². The highest BCUT2D eigenvalue weighted by atomic mass is 16.5. The molecule has 1 heterocycles. The molecule has 1 aromatic heterocycles. The van der Waals surface area contributed by atoms with E-state index in [4.69, 9.17) is 4.52 Å². The lowest BCUT2D eigenvalue weighted by Crippen LogP contribution is -2.18. The lowest BCUT2D eigenvalue weighted by molar-refractivity contribution is -0.119. The molecule has 5 heteroatoms. The molecule has 2 rings (SSSR count). The number of amides is 1. The Kier molecular flexibility index (Phi) is 2.95. The summed E-state index contributed by atoms with van der Waals surface area (Å²) >= 11 is 0. The quantitative estimate of drug-likeness (QED) is 0.843. The fourth-order valence-corrected chi connectivity index (χ4v) is 1.23. The maximum Gasteiger partial charge on any atom is 0.246 e. The highest BCUT2D eigenvalue weighted by Crippen LogP contribution is 2.14. The predicted molar refractivity (Wildman–Crippen MR) is 57.3 cm³/mol. The number of benzene rings is 1. The molecule has 0 spiro atoms. The summed E-state index contributed by atoms with van der Waals surface area (Å²) in [7, 11) is 0. The van der Waals surface area contributed by atoms with Crippen LogP contribution in [0.15, 0.2) is 34.9 Å². The van der Waals surface area contributed by atoms with Crippen molar-refractivity contribution in [2.24, 2.45) is 0 Å². The molecule has 5 nitrogen and oxygen atoms in total. The summed E-state index contributed by atoms with van der Waals surface area (Å²) < 4.78 is 4.99. The Morgan fingerprint density at radius 3 is 2.81 bits per heavy atom. The van der Waals surface area contributed by atoms with Crippen molar-refractivity contribution in [2.45, 2.75) is 13.5 Å². The predicted octanol–water partition coefficient (Wildman–Crippen LogP) is 1.37. The van der Waals surface area contributed by atoms with Gasteiger partial charge in [-0.3, -0.25) is 4.79 Å². The zero-order chi connectivity index (χ0) is 11.4. The standard InChI is InChI=1S/C11H11N3O2/c1-8(15)12-7-10-13-11(14-16-10)9-5-3-2-4-6-9/h2-6H,7H2,1H3,(H,12,15). The second-order valence-corrected chi connectivity index (χ2v) is 3.29. The third-order valence-electron chi connectivity index (χ3n) is 1.99. The summed E-state index contributed by atoms with van der Waals surface area (Å²) in [6.45, 7) is 1.70. The number of rotatable bonds is 3. The number of aromatic nitrogens is 2. The van der Waals surface area contributed by atoms with Crippen LogP contribution in [0.4, 0.5) is 0 Å². The number of hydrogen-bond acceptors (Lipinski definition) is 4. The Morgan fingerprint density at radius 2 is 2.12 bits per heavy atom. The largest absolute Gasteiger partial charge is 0.347 e. The molecule has 0 aliphatic heterocycles. The summed E-state index contributed by atoms with van der Waals surface area (Å²) in [5.74, 6) is 0.800. The van der Waals surface area contributed by atoms with Gasteiger partial charge in [0.25, 0.3) is 0 Å². The maximum absolute atomic E-state index is 10.7. The molecule has 0 radical (unpaired) electrons. The van der Waals surface area contributed by atoms with Crippen LogP contribution in [0.1, 0.15) is 12.8 Å². The van der Waals surface area contributed by atoms with E-state index in [0.717, 1.165) is 5.56 Å². The Bertz CT molecular complexity index is 479. The van der Waals surface area contributed by atoms with Gasteiger partial charge in [-0.1, -0.05) is 35.5 Å². The van der Waals surface area contributed by atoms with Gasteiger partial charge in [0, 0.05) is 12.5 Å². The van der Waals surface area contributed by atoms with Gasteiger partial charge in [-0.15, -0.1) is 0 Å². The van der Waals surface area contributed by atoms with Crippen molar-refractivity contribution in [2.75, 3.05) is 0 Å². The molecule has 0 fully saturated rings. The van der Waals surface area contributed by atoms with Crippen LogP contribution in [-0.4, -0.2) is 16.0 Å². The molecule has 0 bridgehead atoms. The van der Waals surface area contributed by atoms with Crippen LogP contribution >= 0.6 is 0 Å². The van der Waals surface area contributed by atoms with E-state index < -0.39 is 0 Å². The molecule has 1 aromatic carbocycles. The maximum atomic E-state index is 10.7. The summed E-state index contributed by atoms with van der Waals surface area (Å²) in [5.41, 5.74) is 0.889. The van der Waals surface area contributed by atoms with Crippen molar-refractivity contribution in [3.05, 3.63) is 36.2 Å². The molecule has 0 saturated carbocycles. The zero-order valence-corrected chi connectivity index (χ0v) is 8.80. The zero-order valence-electron chi connectivity index (χ0n) is 8.80. The Morgan fingerprint density at radius 1 is 1.38 bits per heavy atom. The normalized spacial score (nSPS) is 10.1. The lowest BCUT2D eigenvalue weighted by Gasteiger charge is -1.94. The van der Waals surface area contributed by atoms with Gasteiger partial charge in [0.1, 0.15) is 0 Å². The minimum Gasteiger partial charge on any atom is -0.347 e. The van der Waals surface area contributed by atoms with Crippen LogP contribution < -0.4 is 5.32 Å². The Hall–Kier alpha value is -2.17. The van der Waals surface area contributed by atoms with Crippen molar-refractivity contribution in [3.8, 4) is 11.4 Å². The smallest absolute Gasteiger partial charge is 0.246 e. The minimum absolute atomic E-state index is 0.125. The van der Waals surface area contributed by atoms with E-state index >= 15 is 0 Å². The topological polar surface area (TPSA) is 68.0 Å². The van der Waals surface area contributed by atoms with Crippen LogP contribution in [0.2, 0.25) is 0 Å². The second kappa shape index (κ2) is 4.57. The Labute approximate surface area is 92.5 Å². The number of carbonyl (C=O) groups is 1. The number of carbonyl (C=O) groups excluding carboxylic acids is 1. The fraction of sp³-hybridized carbons (Fsp3) is 0.182. The average Bonchev–Trinajstić information content (AvgIpc) is 2.76. The van der Waals surface area contributed by atoms with Crippen molar-refractivity contribution >= 4 is 5.91 Å². The van der Waals surface area contributed by atoms with Crippen molar-refractivity contribution in [1.29, 1.82) is 0 Å². The molecule has 1 N–H and O–H groups in total. The van der Waals surface area contributed by atoms with Crippen molar-refractivity contribution < 1.29 is 9.32 Å². The third kappa shape index (κ3) is 2.44. The number of hydrogen-bond donors (Lipinski definition) is 1. The fourth-order valence-electron chi connectivity index (χ4n) is 1.23. The lowest BCUT2D eigenvalue weighted by atomic mass is 10.2. The molecule has 16 heavy (non-hydrogen) atoms. The summed E-state index contributed by atoms with van der Waals surface area (Å²) in [6, 6.07) is 9.51. The highest BCUT2D eigenvalue weighted by molar-refractivity contribution is 5.72. The first-order valence-electron chi connectivity index (χ1n) is 4.88. The average molecular weight is 217 g/mol. The van der Waals surface area contributed by atoms with E-state index in [1.165, 1.54) is 6.92 Å². The van der Waals surface area contributed by atoms with E-state index in [-0.39, 0.29) is 12.5 Å². The molecule has 0 unspecified atom stereocenters. The van der Waals surface area contributed by atoms with Gasteiger partial charge in [-0.05, 0) is 0 Å². The Balaban J connectivity index is 2.11. The van der Waals surface area contributed by atoms with E-state index in [0.29, 0.717) is 11.7 Å². The first-order chi connectivity index (χ1) is 7.75. The van der Waals surface area contributed by atoms with Crippen LogP contribution in [0, 0.1) is 0 Å². The van der Waals surface area contributed by atoms with Crippen LogP contribution in [0.25, 0.3) is 11.4 Å². The van der Waals surface area contributed by atoms with Gasteiger partial charge in [0.15, 0.2) is 0 Å². The molecular formula is C11H11N3O2. The van der Waals surface area contributed by atoms with Gasteiger partial charge in [0.2, 0.25) is 17.6 Å². The molecule has 0 saturated heterocycles. The van der Waals surface area contributed by atoms with Gasteiger partial charge in [-0.2, -0.15) is 4.98 Å². The number of nitrogens with zero attached hydrogens (tertiary/aromatic N) is 2. The summed E-state index contributed by atoms with van der Waals surface area (Å²) in [6.07, 6.45) is 0. The SMILES string of the molecule is CC(=O)NCc1nc(-c2ccccc2)no1. The molecule has 82 valence electrons. The van der Waals surface area contributed by atoms with Crippen molar-refractivity contribution in [3.63, 3.8) is 0 Å². The molecule has 1 amide bonds. The first-order valence-corrected chi connectivity index (χ1v) is 4.88.